The minimum atomic E-state index is -4.00. The Morgan fingerprint density at radius 3 is 2.00 bits per heavy atom. The number of rotatable bonds is 7. The predicted molar refractivity (Wildman–Crippen MR) is 89.7 cm³/mol. The summed E-state index contributed by atoms with van der Waals surface area (Å²) in [7, 11) is -1.07. The molecule has 130 valence electrons. The van der Waals surface area contributed by atoms with Crippen LogP contribution < -0.4 is 18.4 Å². The van der Waals surface area contributed by atoms with E-state index in [2.05, 4.69) is 0 Å². The molecule has 2 aromatic carbocycles. The fourth-order valence-corrected chi connectivity index (χ4v) is 3.32. The average Bonchev–Trinajstić information content (AvgIpc) is 2.56. The third-order valence-electron chi connectivity index (χ3n) is 3.29. The highest BCUT2D eigenvalue weighted by molar-refractivity contribution is 7.87. The zero-order chi connectivity index (χ0) is 17.7. The van der Waals surface area contributed by atoms with Crippen molar-refractivity contribution in [3.8, 4) is 23.0 Å². The van der Waals surface area contributed by atoms with Crippen LogP contribution in [0, 0.1) is 6.92 Å². The van der Waals surface area contributed by atoms with Crippen LogP contribution in [-0.2, 0) is 10.1 Å². The van der Waals surface area contributed by atoms with Gasteiger partial charge in [-0.15, -0.1) is 0 Å². The number of benzene rings is 2. The first-order valence-electron chi connectivity index (χ1n) is 7.31. The van der Waals surface area contributed by atoms with Crippen molar-refractivity contribution in [3.05, 3.63) is 42.0 Å². The van der Waals surface area contributed by atoms with Gasteiger partial charge < -0.3 is 18.4 Å². The van der Waals surface area contributed by atoms with Crippen molar-refractivity contribution in [1.29, 1.82) is 0 Å². The van der Waals surface area contributed by atoms with Crippen molar-refractivity contribution in [2.75, 3.05) is 20.8 Å². The Morgan fingerprint density at radius 1 is 0.917 bits per heavy atom. The molecule has 0 aliphatic heterocycles. The van der Waals surface area contributed by atoms with E-state index < -0.39 is 10.1 Å². The van der Waals surface area contributed by atoms with Crippen molar-refractivity contribution in [1.82, 2.24) is 0 Å². The molecule has 0 fully saturated rings. The summed E-state index contributed by atoms with van der Waals surface area (Å²) in [5.41, 5.74) is 0.499. The van der Waals surface area contributed by atoms with Gasteiger partial charge in [0.15, 0.2) is 11.5 Å². The van der Waals surface area contributed by atoms with Crippen LogP contribution >= 0.6 is 0 Å². The summed E-state index contributed by atoms with van der Waals surface area (Å²) in [5.74, 6) is 1.61. The number of aryl methyl sites for hydroxylation is 1. The van der Waals surface area contributed by atoms with E-state index in [-0.39, 0.29) is 10.6 Å². The van der Waals surface area contributed by atoms with E-state index in [0.717, 1.165) is 0 Å². The fraction of sp³-hybridized carbons (Fsp3) is 0.294. The van der Waals surface area contributed by atoms with Gasteiger partial charge in [-0.25, -0.2) is 0 Å². The first-order valence-corrected chi connectivity index (χ1v) is 8.72. The van der Waals surface area contributed by atoms with Crippen molar-refractivity contribution < 1.29 is 26.8 Å². The largest absolute Gasteiger partial charge is 0.494 e. The lowest BCUT2D eigenvalue weighted by atomic mass is 10.2. The second-order valence-electron chi connectivity index (χ2n) is 4.91. The van der Waals surface area contributed by atoms with E-state index in [1.165, 1.54) is 20.3 Å². The average molecular weight is 352 g/mol. The van der Waals surface area contributed by atoms with Crippen molar-refractivity contribution in [2.45, 2.75) is 18.7 Å². The smallest absolute Gasteiger partial charge is 0.339 e. The first-order chi connectivity index (χ1) is 11.4. The molecule has 0 aliphatic carbocycles. The maximum absolute atomic E-state index is 12.6. The third kappa shape index (κ3) is 3.91. The van der Waals surface area contributed by atoms with Crippen LogP contribution in [0.25, 0.3) is 0 Å². The van der Waals surface area contributed by atoms with Gasteiger partial charge in [0.1, 0.15) is 16.4 Å². The maximum Gasteiger partial charge on any atom is 0.339 e. The van der Waals surface area contributed by atoms with E-state index in [9.17, 15) is 8.42 Å². The molecule has 0 radical (unpaired) electrons. The van der Waals surface area contributed by atoms with E-state index >= 15 is 0 Å². The highest BCUT2D eigenvalue weighted by Crippen LogP contribution is 2.33. The minimum absolute atomic E-state index is 0.0223. The lowest BCUT2D eigenvalue weighted by Crippen LogP contribution is -2.12. The van der Waals surface area contributed by atoms with Gasteiger partial charge >= 0.3 is 10.1 Å². The molecule has 0 heterocycles. The van der Waals surface area contributed by atoms with Gasteiger partial charge in [-0.3, -0.25) is 0 Å². The van der Waals surface area contributed by atoms with Crippen LogP contribution in [0.5, 0.6) is 23.0 Å². The van der Waals surface area contributed by atoms with E-state index in [0.29, 0.717) is 29.4 Å². The lowest BCUT2D eigenvalue weighted by molar-refractivity contribution is 0.340. The molecule has 0 aromatic heterocycles. The monoisotopic (exact) mass is 352 g/mol. The third-order valence-corrected chi connectivity index (χ3v) is 4.68. The van der Waals surface area contributed by atoms with Crippen LogP contribution in [0.3, 0.4) is 0 Å². The Bertz CT molecular complexity index is 797. The molecule has 0 saturated heterocycles. The van der Waals surface area contributed by atoms with Gasteiger partial charge in [-0.2, -0.15) is 8.42 Å². The maximum atomic E-state index is 12.6. The molecule has 0 bridgehead atoms. The number of hydrogen-bond donors (Lipinski definition) is 0. The second-order valence-corrected chi connectivity index (χ2v) is 6.43. The zero-order valence-corrected chi connectivity index (χ0v) is 14.8. The molecule has 0 aliphatic rings. The van der Waals surface area contributed by atoms with Crippen molar-refractivity contribution in [2.24, 2.45) is 0 Å². The molecule has 0 saturated carbocycles. The molecule has 0 spiro atoms. The Hall–Kier alpha value is -2.41. The van der Waals surface area contributed by atoms with E-state index in [4.69, 9.17) is 18.4 Å². The Morgan fingerprint density at radius 2 is 1.46 bits per heavy atom. The lowest BCUT2D eigenvalue weighted by Gasteiger charge is -2.13. The van der Waals surface area contributed by atoms with E-state index in [1.807, 2.05) is 6.92 Å². The summed E-state index contributed by atoms with van der Waals surface area (Å²) in [6, 6.07) is 9.36. The highest BCUT2D eigenvalue weighted by atomic mass is 32.2. The molecule has 2 aromatic rings. The summed E-state index contributed by atoms with van der Waals surface area (Å²) in [4.78, 5) is 0.0223. The van der Waals surface area contributed by atoms with Gasteiger partial charge in [0.25, 0.3) is 0 Å². The summed E-state index contributed by atoms with van der Waals surface area (Å²) in [5, 5.41) is 0. The zero-order valence-electron chi connectivity index (χ0n) is 14.0. The van der Waals surface area contributed by atoms with Crippen LogP contribution in [-0.4, -0.2) is 29.2 Å². The minimum Gasteiger partial charge on any atom is -0.494 e. The molecule has 7 heteroatoms. The molecule has 0 unspecified atom stereocenters. The molecule has 2 rings (SSSR count). The Kier molecular flexibility index (Phi) is 5.56. The SMILES string of the molecule is CCOc1ccc(OS(=O)(=O)c2cc(OC)c(OC)cc2C)cc1. The van der Waals surface area contributed by atoms with Gasteiger partial charge in [-0.05, 0) is 49.7 Å². The highest BCUT2D eigenvalue weighted by Gasteiger charge is 2.22. The topological polar surface area (TPSA) is 71.1 Å². The molecule has 0 atom stereocenters. The molecule has 6 nitrogen and oxygen atoms in total. The van der Waals surface area contributed by atoms with E-state index in [1.54, 1.807) is 37.3 Å². The Balaban J connectivity index is 2.33. The van der Waals surface area contributed by atoms with Gasteiger partial charge in [-0.1, -0.05) is 0 Å². The summed E-state index contributed by atoms with van der Waals surface area (Å²) in [6.07, 6.45) is 0. The number of hydrogen-bond acceptors (Lipinski definition) is 6. The molecule has 24 heavy (non-hydrogen) atoms. The molecular weight excluding hydrogens is 332 g/mol. The van der Waals surface area contributed by atoms with Crippen LogP contribution in [0.4, 0.5) is 0 Å². The van der Waals surface area contributed by atoms with Crippen LogP contribution in [0.2, 0.25) is 0 Å². The molecule has 0 amide bonds. The summed E-state index contributed by atoms with van der Waals surface area (Å²) < 4.78 is 45.9. The van der Waals surface area contributed by atoms with Crippen molar-refractivity contribution >= 4 is 10.1 Å². The van der Waals surface area contributed by atoms with Gasteiger partial charge in [0, 0.05) is 6.07 Å². The van der Waals surface area contributed by atoms with Crippen molar-refractivity contribution in [3.63, 3.8) is 0 Å². The van der Waals surface area contributed by atoms with Gasteiger partial charge in [0.05, 0.1) is 20.8 Å². The predicted octanol–water partition coefficient (Wildman–Crippen LogP) is 3.18. The Labute approximate surface area is 142 Å². The van der Waals surface area contributed by atoms with Crippen LogP contribution in [0.15, 0.2) is 41.3 Å². The normalized spacial score (nSPS) is 11.0. The fourth-order valence-electron chi connectivity index (χ4n) is 2.16. The number of ether oxygens (including phenoxy) is 3. The second kappa shape index (κ2) is 7.44. The molecule has 0 N–H and O–H groups in total. The standard InChI is InChI=1S/C17H20O6S/c1-5-22-13-6-8-14(9-7-13)23-24(18,19)17-11-16(21-4)15(20-3)10-12(17)2/h6-11H,5H2,1-4H3. The van der Waals surface area contributed by atoms with Crippen LogP contribution in [0.1, 0.15) is 12.5 Å². The van der Waals surface area contributed by atoms with Gasteiger partial charge in [0.2, 0.25) is 0 Å². The molecular formula is C17H20O6S. The first kappa shape index (κ1) is 17.9. The quantitative estimate of drug-likeness (QED) is 0.713. The summed E-state index contributed by atoms with van der Waals surface area (Å²) >= 11 is 0. The summed E-state index contributed by atoms with van der Waals surface area (Å²) in [6.45, 7) is 4.06. The number of methoxy groups -OCH3 is 2.